The van der Waals surface area contributed by atoms with Gasteiger partial charge in [0.25, 0.3) is 0 Å². The first kappa shape index (κ1) is 14.9. The summed E-state index contributed by atoms with van der Waals surface area (Å²) in [4.78, 5) is 0. The number of hydrogen-bond acceptors (Lipinski definition) is 3. The molecular weight excluding hydrogens is 267 g/mol. The van der Waals surface area contributed by atoms with Gasteiger partial charge in [0.15, 0.2) is 0 Å². The molecule has 2 aromatic carbocycles. The van der Waals surface area contributed by atoms with E-state index in [0.29, 0.717) is 29.0 Å². The number of nitrogens with zero attached hydrogens (tertiary/aromatic N) is 1. The monoisotopic (exact) mass is 284 g/mol. The largest absolute Gasteiger partial charge is 0.495 e. The second-order valence-electron chi connectivity index (χ2n) is 4.62. The molecule has 0 aliphatic carbocycles. The minimum absolute atomic E-state index is 0.227. The van der Waals surface area contributed by atoms with Gasteiger partial charge >= 0.3 is 0 Å². The van der Waals surface area contributed by atoms with Crippen LogP contribution in [-0.4, -0.2) is 7.11 Å². The molecule has 0 bridgehead atoms. The zero-order valence-electron chi connectivity index (χ0n) is 12.1. The second kappa shape index (κ2) is 6.76. The third-order valence-corrected chi connectivity index (χ3v) is 3.37. The highest BCUT2D eigenvalue weighted by Gasteiger charge is 2.17. The summed E-state index contributed by atoms with van der Waals surface area (Å²) in [6.07, 6.45) is 0.684. The molecule has 4 heteroatoms. The average molecular weight is 284 g/mol. The third kappa shape index (κ3) is 3.14. The first-order valence-electron chi connectivity index (χ1n) is 6.79. The van der Waals surface area contributed by atoms with Crippen molar-refractivity contribution < 1.29 is 9.13 Å². The van der Waals surface area contributed by atoms with Gasteiger partial charge in [-0.3, -0.25) is 0 Å². The lowest BCUT2D eigenvalue weighted by atomic mass is 10.0. The maximum Gasteiger partial charge on any atom is 0.143 e. The highest BCUT2D eigenvalue weighted by atomic mass is 19.1. The van der Waals surface area contributed by atoms with E-state index < -0.39 is 0 Å². The van der Waals surface area contributed by atoms with Crippen molar-refractivity contribution in [1.82, 2.24) is 0 Å². The molecule has 0 aliphatic heterocycles. The summed E-state index contributed by atoms with van der Waals surface area (Å²) in [6.45, 7) is 1.96. The molecule has 1 unspecified atom stereocenters. The Morgan fingerprint density at radius 3 is 2.62 bits per heavy atom. The van der Waals surface area contributed by atoms with Gasteiger partial charge in [0.2, 0.25) is 0 Å². The Labute approximate surface area is 124 Å². The molecule has 0 amide bonds. The van der Waals surface area contributed by atoms with E-state index in [2.05, 4.69) is 11.4 Å². The van der Waals surface area contributed by atoms with Gasteiger partial charge in [0.1, 0.15) is 17.6 Å². The molecule has 1 N–H and O–H groups in total. The fourth-order valence-electron chi connectivity index (χ4n) is 2.27. The van der Waals surface area contributed by atoms with Gasteiger partial charge in [-0.25, -0.2) is 4.39 Å². The van der Waals surface area contributed by atoms with E-state index in [-0.39, 0.29) is 11.9 Å². The normalized spacial score (nSPS) is 11.5. The second-order valence-corrected chi connectivity index (χ2v) is 4.62. The van der Waals surface area contributed by atoms with E-state index in [9.17, 15) is 9.65 Å². The van der Waals surface area contributed by atoms with Crippen molar-refractivity contribution in [1.29, 1.82) is 5.26 Å². The van der Waals surface area contributed by atoms with E-state index in [0.717, 1.165) is 0 Å². The first-order valence-corrected chi connectivity index (χ1v) is 6.79. The molecule has 108 valence electrons. The number of nitriles is 1. The number of anilines is 1. The van der Waals surface area contributed by atoms with Crippen molar-refractivity contribution >= 4 is 5.69 Å². The number of halogens is 1. The van der Waals surface area contributed by atoms with Crippen LogP contribution in [0.15, 0.2) is 42.5 Å². The molecule has 0 fully saturated rings. The Morgan fingerprint density at radius 1 is 1.24 bits per heavy atom. The van der Waals surface area contributed by atoms with Crippen molar-refractivity contribution in [3.8, 4) is 11.8 Å². The number of hydrogen-bond donors (Lipinski definition) is 1. The van der Waals surface area contributed by atoms with Crippen LogP contribution in [0.2, 0.25) is 0 Å². The third-order valence-electron chi connectivity index (χ3n) is 3.37. The quantitative estimate of drug-likeness (QED) is 0.891. The van der Waals surface area contributed by atoms with Crippen LogP contribution in [0.3, 0.4) is 0 Å². The number of methoxy groups -OCH3 is 1. The Kier molecular flexibility index (Phi) is 4.78. The summed E-state index contributed by atoms with van der Waals surface area (Å²) in [6, 6.07) is 13.8. The van der Waals surface area contributed by atoms with E-state index >= 15 is 0 Å². The minimum Gasteiger partial charge on any atom is -0.495 e. The van der Waals surface area contributed by atoms with E-state index in [1.54, 1.807) is 43.5 Å². The highest BCUT2D eigenvalue weighted by Crippen LogP contribution is 2.33. The lowest BCUT2D eigenvalue weighted by Gasteiger charge is -2.21. The zero-order chi connectivity index (χ0) is 15.2. The van der Waals surface area contributed by atoms with E-state index in [1.807, 2.05) is 6.92 Å². The van der Waals surface area contributed by atoms with Crippen LogP contribution in [0.5, 0.6) is 5.75 Å². The molecule has 0 spiro atoms. The lowest BCUT2D eigenvalue weighted by molar-refractivity contribution is 0.415. The highest BCUT2D eigenvalue weighted by molar-refractivity contribution is 5.67. The van der Waals surface area contributed by atoms with Gasteiger partial charge in [-0.2, -0.15) is 5.26 Å². The summed E-state index contributed by atoms with van der Waals surface area (Å²) in [5.41, 5.74) is 1.65. The molecule has 0 saturated heterocycles. The van der Waals surface area contributed by atoms with Gasteiger partial charge in [0.05, 0.1) is 24.4 Å². The maximum absolute atomic E-state index is 14.0. The first-order chi connectivity index (χ1) is 10.2. The number of rotatable bonds is 5. The fraction of sp³-hybridized carbons (Fsp3) is 0.235. The van der Waals surface area contributed by atoms with Crippen LogP contribution >= 0.6 is 0 Å². The molecule has 21 heavy (non-hydrogen) atoms. The van der Waals surface area contributed by atoms with Crippen molar-refractivity contribution in [2.75, 3.05) is 12.4 Å². The Balaban J connectivity index is 2.40. The van der Waals surface area contributed by atoms with Crippen molar-refractivity contribution in [2.45, 2.75) is 19.4 Å². The predicted molar refractivity (Wildman–Crippen MR) is 80.8 cm³/mol. The minimum atomic E-state index is -0.259. The Morgan fingerprint density at radius 2 is 2.00 bits per heavy atom. The van der Waals surface area contributed by atoms with Gasteiger partial charge in [0, 0.05) is 5.56 Å². The molecule has 0 aromatic heterocycles. The summed E-state index contributed by atoms with van der Waals surface area (Å²) in [7, 11) is 1.55. The molecule has 0 radical (unpaired) electrons. The van der Waals surface area contributed by atoms with Crippen LogP contribution < -0.4 is 10.1 Å². The molecular formula is C17H17FN2O. The Hall–Kier alpha value is -2.54. The van der Waals surface area contributed by atoms with Crippen LogP contribution in [0.1, 0.15) is 30.5 Å². The van der Waals surface area contributed by atoms with E-state index in [1.165, 1.54) is 6.07 Å². The number of nitrogens with one attached hydrogen (secondary N) is 1. The molecule has 2 aromatic rings. The van der Waals surface area contributed by atoms with Crippen LogP contribution in [0.25, 0.3) is 0 Å². The smallest absolute Gasteiger partial charge is 0.143 e. The summed E-state index contributed by atoms with van der Waals surface area (Å²) >= 11 is 0. The van der Waals surface area contributed by atoms with Crippen LogP contribution in [-0.2, 0) is 0 Å². The standard InChI is InChI=1S/C17H17FN2O/c1-3-15(13-8-4-5-9-14(13)18)20-17-12(11-19)7-6-10-16(17)21-2/h4-10,15,20H,3H2,1-2H3. The molecule has 1 atom stereocenters. The molecule has 0 saturated carbocycles. The number of benzene rings is 2. The van der Waals surface area contributed by atoms with Crippen molar-refractivity contribution in [3.05, 3.63) is 59.4 Å². The summed E-state index contributed by atoms with van der Waals surface area (Å²) < 4.78 is 19.3. The average Bonchev–Trinajstić information content (AvgIpc) is 2.53. The SMILES string of the molecule is CCC(Nc1c(C#N)cccc1OC)c1ccccc1F. The molecule has 0 aliphatic rings. The molecule has 2 rings (SSSR count). The fourth-order valence-corrected chi connectivity index (χ4v) is 2.27. The van der Waals surface area contributed by atoms with Crippen molar-refractivity contribution in [3.63, 3.8) is 0 Å². The van der Waals surface area contributed by atoms with Gasteiger partial charge in [-0.05, 0) is 24.6 Å². The van der Waals surface area contributed by atoms with Crippen molar-refractivity contribution in [2.24, 2.45) is 0 Å². The maximum atomic E-state index is 14.0. The van der Waals surface area contributed by atoms with E-state index in [4.69, 9.17) is 4.74 Å². The lowest BCUT2D eigenvalue weighted by Crippen LogP contribution is -2.13. The Bertz CT molecular complexity index is 664. The van der Waals surface area contributed by atoms with Gasteiger partial charge in [-0.1, -0.05) is 31.2 Å². The van der Waals surface area contributed by atoms with Gasteiger partial charge in [-0.15, -0.1) is 0 Å². The zero-order valence-corrected chi connectivity index (χ0v) is 12.1. The molecule has 0 heterocycles. The predicted octanol–water partition coefficient (Wildman–Crippen LogP) is 4.27. The number of ether oxygens (including phenoxy) is 1. The summed E-state index contributed by atoms with van der Waals surface area (Å²) in [5.74, 6) is 0.314. The topological polar surface area (TPSA) is 45.0 Å². The van der Waals surface area contributed by atoms with Crippen LogP contribution in [0.4, 0.5) is 10.1 Å². The van der Waals surface area contributed by atoms with Crippen LogP contribution in [0, 0.1) is 17.1 Å². The number of para-hydroxylation sites is 1. The summed E-state index contributed by atoms with van der Waals surface area (Å²) in [5, 5.41) is 12.5. The molecule has 3 nitrogen and oxygen atoms in total. The van der Waals surface area contributed by atoms with Gasteiger partial charge < -0.3 is 10.1 Å².